The summed E-state index contributed by atoms with van der Waals surface area (Å²) < 4.78 is 24.5. The summed E-state index contributed by atoms with van der Waals surface area (Å²) in [5.41, 5.74) is 0. The number of rotatable bonds is 5. The molecule has 3 atom stereocenters. The Kier molecular flexibility index (Phi) is 4.98. The van der Waals surface area contributed by atoms with Gasteiger partial charge < -0.3 is 5.11 Å². The van der Waals surface area contributed by atoms with Gasteiger partial charge in [0.2, 0.25) is 0 Å². The zero-order valence-corrected chi connectivity index (χ0v) is 11.4. The van der Waals surface area contributed by atoms with Crippen LogP contribution in [0.4, 0.5) is 0 Å². The molecule has 0 radical (unpaired) electrons. The van der Waals surface area contributed by atoms with Gasteiger partial charge in [-0.1, -0.05) is 33.1 Å². The van der Waals surface area contributed by atoms with Crippen LogP contribution in [0.1, 0.15) is 52.4 Å². The van der Waals surface area contributed by atoms with E-state index < -0.39 is 26.3 Å². The van der Waals surface area contributed by atoms with Crippen LogP contribution in [0.3, 0.4) is 0 Å². The minimum absolute atomic E-state index is 0.158. The van der Waals surface area contributed by atoms with Gasteiger partial charge >= 0.3 is 5.97 Å². The van der Waals surface area contributed by atoms with Crippen molar-refractivity contribution in [2.45, 2.75) is 62.9 Å². The maximum atomic E-state index is 12.2. The van der Waals surface area contributed by atoms with Gasteiger partial charge in [-0.3, -0.25) is 4.79 Å². The Labute approximate surface area is 103 Å². The van der Waals surface area contributed by atoms with Gasteiger partial charge in [0.15, 0.2) is 15.1 Å². The standard InChI is InChI=1S/C12H22O4S/c1-3-9-6-5-7-10(8-9)17(15,16)11(4-2)12(13)14/h9-11H,3-8H2,1-2H3,(H,13,14). The third-order valence-corrected chi connectivity index (χ3v) is 6.50. The van der Waals surface area contributed by atoms with Gasteiger partial charge in [0.05, 0.1) is 5.25 Å². The van der Waals surface area contributed by atoms with E-state index >= 15 is 0 Å². The number of hydrogen-bond donors (Lipinski definition) is 1. The Balaban J connectivity index is 2.85. The second kappa shape index (κ2) is 5.85. The highest BCUT2D eigenvalue weighted by Crippen LogP contribution is 2.32. The van der Waals surface area contributed by atoms with Crippen molar-refractivity contribution in [1.82, 2.24) is 0 Å². The molecule has 0 aliphatic heterocycles. The van der Waals surface area contributed by atoms with E-state index in [0.717, 1.165) is 19.3 Å². The number of sulfone groups is 1. The number of carbonyl (C=O) groups is 1. The van der Waals surface area contributed by atoms with E-state index in [-0.39, 0.29) is 6.42 Å². The van der Waals surface area contributed by atoms with Crippen molar-refractivity contribution < 1.29 is 18.3 Å². The SMILES string of the molecule is CCC1CCCC(S(=O)(=O)C(CC)C(=O)O)C1. The van der Waals surface area contributed by atoms with Crippen molar-refractivity contribution in [3.63, 3.8) is 0 Å². The predicted octanol–water partition coefficient (Wildman–Crippen LogP) is 2.23. The highest BCUT2D eigenvalue weighted by Gasteiger charge is 2.39. The first-order valence-corrected chi connectivity index (χ1v) is 7.99. The highest BCUT2D eigenvalue weighted by molar-refractivity contribution is 7.93. The summed E-state index contributed by atoms with van der Waals surface area (Å²) in [6.07, 6.45) is 4.39. The fraction of sp³-hybridized carbons (Fsp3) is 0.917. The first-order valence-electron chi connectivity index (χ1n) is 6.38. The topological polar surface area (TPSA) is 71.4 Å². The fourth-order valence-corrected chi connectivity index (χ4v) is 4.94. The van der Waals surface area contributed by atoms with Crippen LogP contribution < -0.4 is 0 Å². The number of carboxylic acid groups (broad SMARTS) is 1. The molecule has 0 saturated heterocycles. The second-order valence-electron chi connectivity index (χ2n) is 4.89. The molecule has 0 amide bonds. The van der Waals surface area contributed by atoms with Crippen LogP contribution in [0.5, 0.6) is 0 Å². The Hall–Kier alpha value is -0.580. The Morgan fingerprint density at radius 1 is 1.35 bits per heavy atom. The molecular weight excluding hydrogens is 240 g/mol. The summed E-state index contributed by atoms with van der Waals surface area (Å²) in [6.45, 7) is 3.69. The summed E-state index contributed by atoms with van der Waals surface area (Å²) in [6, 6.07) is 0. The van der Waals surface area contributed by atoms with Crippen molar-refractivity contribution in [3.05, 3.63) is 0 Å². The molecule has 1 saturated carbocycles. The van der Waals surface area contributed by atoms with Crippen LogP contribution in [-0.4, -0.2) is 30.0 Å². The van der Waals surface area contributed by atoms with Crippen LogP contribution in [0.2, 0.25) is 0 Å². The minimum atomic E-state index is -3.52. The van der Waals surface area contributed by atoms with Crippen molar-refractivity contribution >= 4 is 15.8 Å². The van der Waals surface area contributed by atoms with E-state index in [1.807, 2.05) is 0 Å². The average Bonchev–Trinajstić information content (AvgIpc) is 2.29. The molecule has 5 heteroatoms. The summed E-state index contributed by atoms with van der Waals surface area (Å²) in [4.78, 5) is 11.0. The Morgan fingerprint density at radius 3 is 2.47 bits per heavy atom. The zero-order valence-electron chi connectivity index (χ0n) is 10.6. The van der Waals surface area contributed by atoms with Crippen LogP contribution in [-0.2, 0) is 14.6 Å². The second-order valence-corrected chi connectivity index (χ2v) is 7.30. The summed E-state index contributed by atoms with van der Waals surface area (Å²) in [5, 5.41) is 7.32. The molecule has 3 unspecified atom stereocenters. The van der Waals surface area contributed by atoms with Crippen molar-refractivity contribution in [2.24, 2.45) is 5.92 Å². The average molecular weight is 262 g/mol. The van der Waals surface area contributed by atoms with E-state index in [2.05, 4.69) is 6.92 Å². The maximum Gasteiger partial charge on any atom is 0.321 e. The van der Waals surface area contributed by atoms with Crippen molar-refractivity contribution in [3.8, 4) is 0 Å². The molecule has 0 aromatic carbocycles. The molecule has 1 rings (SSSR count). The molecule has 100 valence electrons. The van der Waals surface area contributed by atoms with Gasteiger partial charge in [-0.15, -0.1) is 0 Å². The van der Waals surface area contributed by atoms with E-state index in [1.54, 1.807) is 6.92 Å². The maximum absolute atomic E-state index is 12.2. The molecule has 0 bridgehead atoms. The molecule has 0 aromatic heterocycles. The molecular formula is C12H22O4S. The van der Waals surface area contributed by atoms with Gasteiger partial charge in [0, 0.05) is 0 Å². The van der Waals surface area contributed by atoms with Gasteiger partial charge in [0.1, 0.15) is 0 Å². The van der Waals surface area contributed by atoms with Crippen molar-refractivity contribution in [1.29, 1.82) is 0 Å². The monoisotopic (exact) mass is 262 g/mol. The third-order valence-electron chi connectivity index (χ3n) is 3.82. The molecule has 0 aromatic rings. The van der Waals surface area contributed by atoms with E-state index in [9.17, 15) is 13.2 Å². The Morgan fingerprint density at radius 2 is 2.00 bits per heavy atom. The first kappa shape index (κ1) is 14.5. The number of aliphatic carboxylic acids is 1. The normalized spacial score (nSPS) is 27.6. The smallest absolute Gasteiger partial charge is 0.321 e. The van der Waals surface area contributed by atoms with Crippen LogP contribution in [0.25, 0.3) is 0 Å². The molecule has 0 heterocycles. The summed E-state index contributed by atoms with van der Waals surface area (Å²) >= 11 is 0. The molecule has 1 fully saturated rings. The lowest BCUT2D eigenvalue weighted by Crippen LogP contribution is -2.39. The lowest BCUT2D eigenvalue weighted by Gasteiger charge is -2.29. The molecule has 1 aliphatic rings. The van der Waals surface area contributed by atoms with E-state index in [0.29, 0.717) is 18.8 Å². The van der Waals surface area contributed by atoms with E-state index in [1.165, 1.54) is 0 Å². The van der Waals surface area contributed by atoms with Crippen LogP contribution in [0, 0.1) is 5.92 Å². The number of hydrogen-bond acceptors (Lipinski definition) is 3. The van der Waals surface area contributed by atoms with Crippen molar-refractivity contribution in [2.75, 3.05) is 0 Å². The largest absolute Gasteiger partial charge is 0.480 e. The lowest BCUT2D eigenvalue weighted by atomic mass is 9.87. The van der Waals surface area contributed by atoms with Gasteiger partial charge in [-0.05, 0) is 25.2 Å². The number of carboxylic acids is 1. The summed E-state index contributed by atoms with van der Waals surface area (Å²) in [5.74, 6) is -0.763. The molecule has 1 N–H and O–H groups in total. The third kappa shape index (κ3) is 3.21. The van der Waals surface area contributed by atoms with Gasteiger partial charge in [0.25, 0.3) is 0 Å². The van der Waals surface area contributed by atoms with E-state index in [4.69, 9.17) is 5.11 Å². The van der Waals surface area contributed by atoms with Crippen LogP contribution in [0.15, 0.2) is 0 Å². The van der Waals surface area contributed by atoms with Crippen LogP contribution >= 0.6 is 0 Å². The quantitative estimate of drug-likeness (QED) is 0.824. The molecule has 4 nitrogen and oxygen atoms in total. The fourth-order valence-electron chi connectivity index (χ4n) is 2.69. The minimum Gasteiger partial charge on any atom is -0.480 e. The highest BCUT2D eigenvalue weighted by atomic mass is 32.2. The van der Waals surface area contributed by atoms with Gasteiger partial charge in [-0.2, -0.15) is 0 Å². The zero-order chi connectivity index (χ0) is 13.1. The Bertz CT molecular complexity index is 361. The first-order chi connectivity index (χ1) is 7.93. The molecule has 17 heavy (non-hydrogen) atoms. The predicted molar refractivity (Wildman–Crippen MR) is 66.7 cm³/mol. The lowest BCUT2D eigenvalue weighted by molar-refractivity contribution is -0.136. The molecule has 0 spiro atoms. The van der Waals surface area contributed by atoms with Gasteiger partial charge in [-0.25, -0.2) is 8.42 Å². The molecule has 1 aliphatic carbocycles. The summed E-state index contributed by atoms with van der Waals surface area (Å²) in [7, 11) is -3.52.